The number of nitrogens with one attached hydrogen (secondary N) is 1. The highest BCUT2D eigenvalue weighted by Crippen LogP contribution is 2.34. The molecule has 1 N–H and O–H groups in total. The molecule has 0 fully saturated rings. The third kappa shape index (κ3) is 3.72. The average molecular weight is 483 g/mol. The molecule has 0 saturated carbocycles. The molecular formula is C21H18N6O4S2. The average Bonchev–Trinajstić information content (AvgIpc) is 3.52. The van der Waals surface area contributed by atoms with Crippen LogP contribution in [-0.2, 0) is 17.1 Å². The summed E-state index contributed by atoms with van der Waals surface area (Å²) in [6.45, 7) is 1.89. The first kappa shape index (κ1) is 21.1. The van der Waals surface area contributed by atoms with Crippen LogP contribution in [-0.4, -0.2) is 32.1 Å². The van der Waals surface area contributed by atoms with E-state index in [2.05, 4.69) is 19.2 Å². The van der Waals surface area contributed by atoms with Crippen molar-refractivity contribution in [3.63, 3.8) is 0 Å². The quantitative estimate of drug-likeness (QED) is 0.394. The van der Waals surface area contributed by atoms with E-state index in [1.54, 1.807) is 30.1 Å². The highest BCUT2D eigenvalue weighted by molar-refractivity contribution is 7.93. The summed E-state index contributed by atoms with van der Waals surface area (Å²) in [7, 11) is -2.37. The van der Waals surface area contributed by atoms with Gasteiger partial charge in [-0.05, 0) is 24.6 Å². The molecule has 0 radical (unpaired) electrons. The molecule has 5 rings (SSSR count). The molecule has 168 valence electrons. The number of hydrogen-bond acceptors (Lipinski definition) is 8. The molecule has 0 aliphatic carbocycles. The smallest absolute Gasteiger partial charge is 0.408 e. The summed E-state index contributed by atoms with van der Waals surface area (Å²) in [5.74, 6) is -0.580. The molecule has 0 aliphatic heterocycles. The lowest BCUT2D eigenvalue weighted by Crippen LogP contribution is -2.19. The van der Waals surface area contributed by atoms with Gasteiger partial charge in [-0.25, -0.2) is 18.2 Å². The number of anilines is 1. The zero-order chi connectivity index (χ0) is 23.2. The Labute approximate surface area is 192 Å². The van der Waals surface area contributed by atoms with Gasteiger partial charge in [0.05, 0.1) is 17.3 Å². The Morgan fingerprint density at radius 1 is 1.15 bits per heavy atom. The van der Waals surface area contributed by atoms with Crippen LogP contribution in [0.15, 0.2) is 75.2 Å². The van der Waals surface area contributed by atoms with Crippen LogP contribution in [0.5, 0.6) is 0 Å². The summed E-state index contributed by atoms with van der Waals surface area (Å²) in [6, 6.07) is 13.9. The van der Waals surface area contributed by atoms with Crippen molar-refractivity contribution in [1.29, 1.82) is 0 Å². The van der Waals surface area contributed by atoms with Crippen LogP contribution in [0, 0.1) is 0 Å². The van der Waals surface area contributed by atoms with Crippen LogP contribution in [0.25, 0.3) is 22.4 Å². The molecule has 0 spiro atoms. The first-order valence-corrected chi connectivity index (χ1v) is 12.1. The Morgan fingerprint density at radius 2 is 1.94 bits per heavy atom. The molecule has 3 aromatic heterocycles. The molecule has 0 bridgehead atoms. The Hall–Kier alpha value is -3.77. The van der Waals surface area contributed by atoms with Crippen LogP contribution < -0.4 is 10.5 Å². The summed E-state index contributed by atoms with van der Waals surface area (Å²) in [4.78, 5) is 16.7. The first-order chi connectivity index (χ1) is 15.8. The summed E-state index contributed by atoms with van der Waals surface area (Å²) < 4.78 is 41.4. The lowest BCUT2D eigenvalue weighted by atomic mass is 10.1. The SMILES string of the molecule is C[C@H](c1ccccc1)n1c(=O)oc2cc(S(=O)(=O)Nc3ncns3)c(-c3ccnn3C)cc21. The summed E-state index contributed by atoms with van der Waals surface area (Å²) >= 11 is 0.916. The maximum absolute atomic E-state index is 13.3. The van der Waals surface area contributed by atoms with Crippen LogP contribution in [0.3, 0.4) is 0 Å². The topological polar surface area (TPSA) is 125 Å². The van der Waals surface area contributed by atoms with Crippen molar-refractivity contribution in [2.45, 2.75) is 17.9 Å². The van der Waals surface area contributed by atoms with Gasteiger partial charge in [-0.15, -0.1) is 0 Å². The number of aromatic nitrogens is 5. The molecule has 5 aromatic rings. The van der Waals surface area contributed by atoms with E-state index >= 15 is 0 Å². The molecule has 3 heterocycles. The second kappa shape index (κ2) is 7.98. The van der Waals surface area contributed by atoms with Crippen molar-refractivity contribution in [2.24, 2.45) is 7.05 Å². The van der Waals surface area contributed by atoms with Crippen LogP contribution >= 0.6 is 11.5 Å². The zero-order valence-electron chi connectivity index (χ0n) is 17.5. The van der Waals surface area contributed by atoms with E-state index in [-0.39, 0.29) is 21.7 Å². The molecule has 2 aromatic carbocycles. The number of hydrogen-bond donors (Lipinski definition) is 1. The van der Waals surface area contributed by atoms with Gasteiger partial charge < -0.3 is 4.42 Å². The van der Waals surface area contributed by atoms with E-state index in [1.807, 2.05) is 37.3 Å². The van der Waals surface area contributed by atoms with Crippen LogP contribution in [0.2, 0.25) is 0 Å². The fourth-order valence-electron chi connectivity index (χ4n) is 3.76. The third-order valence-corrected chi connectivity index (χ3v) is 7.44. The minimum absolute atomic E-state index is 0.0675. The second-order valence-corrected chi connectivity index (χ2v) is 9.76. The van der Waals surface area contributed by atoms with Gasteiger partial charge in [-0.2, -0.15) is 9.47 Å². The van der Waals surface area contributed by atoms with Gasteiger partial charge in [0.2, 0.25) is 5.13 Å². The zero-order valence-corrected chi connectivity index (χ0v) is 19.2. The monoisotopic (exact) mass is 482 g/mol. The van der Waals surface area contributed by atoms with Gasteiger partial charge in [0.25, 0.3) is 10.0 Å². The van der Waals surface area contributed by atoms with Crippen molar-refractivity contribution in [3.8, 4) is 11.3 Å². The number of oxazole rings is 1. The number of aryl methyl sites for hydroxylation is 1. The van der Waals surface area contributed by atoms with Crippen molar-refractivity contribution in [3.05, 3.63) is 77.2 Å². The Balaban J connectivity index is 1.75. The van der Waals surface area contributed by atoms with Crippen molar-refractivity contribution in [1.82, 2.24) is 23.7 Å². The minimum atomic E-state index is -4.08. The lowest BCUT2D eigenvalue weighted by Gasteiger charge is -2.15. The van der Waals surface area contributed by atoms with Gasteiger partial charge in [-0.1, -0.05) is 30.3 Å². The maximum atomic E-state index is 13.3. The highest BCUT2D eigenvalue weighted by atomic mass is 32.2. The molecule has 1 atom stereocenters. The molecule has 0 aliphatic rings. The Bertz CT molecular complexity index is 1600. The van der Waals surface area contributed by atoms with Crippen molar-refractivity contribution in [2.75, 3.05) is 4.72 Å². The van der Waals surface area contributed by atoms with Gasteiger partial charge in [0.15, 0.2) is 5.58 Å². The summed E-state index contributed by atoms with van der Waals surface area (Å²) in [6.07, 6.45) is 2.83. The number of benzene rings is 2. The van der Waals surface area contributed by atoms with Crippen LogP contribution in [0.4, 0.5) is 5.13 Å². The summed E-state index contributed by atoms with van der Waals surface area (Å²) in [5.41, 5.74) is 2.48. The standard InChI is InChI=1S/C21H18N6O4S2/c1-13(14-6-4-3-5-7-14)27-17-10-15(16-8-9-23-26(16)2)19(11-18(17)31-21(27)28)33(29,30)25-20-22-12-24-32-20/h3-13H,1-2H3,(H,22,24,25)/t13-/m1/s1. The van der Waals surface area contributed by atoms with E-state index < -0.39 is 15.8 Å². The Kier molecular flexibility index (Phi) is 5.10. The predicted molar refractivity (Wildman–Crippen MR) is 124 cm³/mol. The fraction of sp³-hybridized carbons (Fsp3) is 0.143. The molecule has 33 heavy (non-hydrogen) atoms. The van der Waals surface area contributed by atoms with Gasteiger partial charge in [-0.3, -0.25) is 14.0 Å². The number of nitrogens with zero attached hydrogens (tertiary/aromatic N) is 5. The maximum Gasteiger partial charge on any atom is 0.420 e. The van der Waals surface area contributed by atoms with Gasteiger partial charge in [0, 0.05) is 36.4 Å². The predicted octanol–water partition coefficient (Wildman–Crippen LogP) is 3.26. The molecule has 0 unspecified atom stereocenters. The Morgan fingerprint density at radius 3 is 2.61 bits per heavy atom. The lowest BCUT2D eigenvalue weighted by molar-refractivity contribution is 0.489. The number of rotatable bonds is 6. The van der Waals surface area contributed by atoms with Crippen LogP contribution in [0.1, 0.15) is 18.5 Å². The van der Waals surface area contributed by atoms with E-state index in [9.17, 15) is 13.2 Å². The number of fused-ring (bicyclic) bond motifs is 1. The molecule has 0 saturated heterocycles. The van der Waals surface area contributed by atoms with E-state index in [1.165, 1.54) is 17.0 Å². The van der Waals surface area contributed by atoms with Gasteiger partial charge >= 0.3 is 5.76 Å². The van der Waals surface area contributed by atoms with E-state index in [0.29, 0.717) is 16.8 Å². The highest BCUT2D eigenvalue weighted by Gasteiger charge is 2.26. The largest absolute Gasteiger partial charge is 0.420 e. The molecule has 12 heteroatoms. The summed E-state index contributed by atoms with van der Waals surface area (Å²) in [5, 5.41) is 4.30. The second-order valence-electron chi connectivity index (χ2n) is 7.33. The third-order valence-electron chi connectivity index (χ3n) is 5.35. The molecule has 10 nitrogen and oxygen atoms in total. The fourth-order valence-corrected chi connectivity index (χ4v) is 5.63. The van der Waals surface area contributed by atoms with Crippen molar-refractivity contribution < 1.29 is 12.8 Å². The van der Waals surface area contributed by atoms with E-state index in [4.69, 9.17) is 4.42 Å². The number of sulfonamides is 1. The molecule has 0 amide bonds. The minimum Gasteiger partial charge on any atom is -0.408 e. The van der Waals surface area contributed by atoms with Gasteiger partial charge in [0.1, 0.15) is 11.2 Å². The first-order valence-electron chi connectivity index (χ1n) is 9.87. The normalized spacial score (nSPS) is 12.8. The van der Waals surface area contributed by atoms with Crippen molar-refractivity contribution >= 4 is 37.8 Å². The molecular weight excluding hydrogens is 464 g/mol. The van der Waals surface area contributed by atoms with E-state index in [0.717, 1.165) is 17.1 Å².